The van der Waals surface area contributed by atoms with Gasteiger partial charge in [0.25, 0.3) is 5.56 Å². The van der Waals surface area contributed by atoms with E-state index in [-0.39, 0.29) is 5.56 Å². The summed E-state index contributed by atoms with van der Waals surface area (Å²) >= 11 is 0. The van der Waals surface area contributed by atoms with Gasteiger partial charge in [0.2, 0.25) is 0 Å². The summed E-state index contributed by atoms with van der Waals surface area (Å²) in [4.78, 5) is 23.1. The summed E-state index contributed by atoms with van der Waals surface area (Å²) in [7, 11) is 1.84. The van der Waals surface area contributed by atoms with Crippen molar-refractivity contribution < 1.29 is 0 Å². The van der Waals surface area contributed by atoms with Crippen LogP contribution in [0.15, 0.2) is 47.7 Å². The van der Waals surface area contributed by atoms with Crippen LogP contribution in [0.25, 0.3) is 28.2 Å². The van der Waals surface area contributed by atoms with E-state index in [9.17, 15) is 4.79 Å². The zero-order valence-electron chi connectivity index (χ0n) is 16.0. The van der Waals surface area contributed by atoms with E-state index >= 15 is 0 Å². The predicted molar refractivity (Wildman–Crippen MR) is 109 cm³/mol. The molecule has 1 fully saturated rings. The van der Waals surface area contributed by atoms with E-state index < -0.39 is 0 Å². The molecule has 0 saturated carbocycles. The van der Waals surface area contributed by atoms with Crippen LogP contribution in [0.4, 0.5) is 0 Å². The third-order valence-electron chi connectivity index (χ3n) is 4.87. The highest BCUT2D eigenvalue weighted by Gasteiger charge is 2.18. The lowest BCUT2D eigenvalue weighted by Gasteiger charge is -2.05. The molecule has 4 heterocycles. The number of aryl methyl sites for hydroxylation is 1. The second kappa shape index (κ2) is 7.77. The number of hydrogen-bond acceptors (Lipinski definition) is 5. The molecular formula is C20H23N7O. The molecule has 0 atom stereocenters. The number of nitrogens with one attached hydrogen (secondary N) is 2. The predicted octanol–water partition coefficient (Wildman–Crippen LogP) is 2.19. The molecule has 2 N–H and O–H groups in total. The summed E-state index contributed by atoms with van der Waals surface area (Å²) in [6, 6.07) is 9.88. The van der Waals surface area contributed by atoms with Gasteiger partial charge in [-0.15, -0.1) is 0 Å². The van der Waals surface area contributed by atoms with Gasteiger partial charge in [0, 0.05) is 7.05 Å². The summed E-state index contributed by atoms with van der Waals surface area (Å²) < 4.78 is 3.66. The molecule has 0 spiro atoms. The average Bonchev–Trinajstić information content (AvgIpc) is 3.46. The molecule has 1 saturated heterocycles. The molecule has 1 aliphatic rings. The lowest BCUT2D eigenvalue weighted by Crippen LogP contribution is -2.06. The third kappa shape index (κ3) is 3.34. The second-order valence-corrected chi connectivity index (χ2v) is 6.75. The second-order valence-electron chi connectivity index (χ2n) is 6.75. The number of para-hydroxylation sites is 1. The van der Waals surface area contributed by atoms with Crippen molar-refractivity contribution >= 4 is 11.2 Å². The molecule has 0 radical (unpaired) electrons. The van der Waals surface area contributed by atoms with Gasteiger partial charge in [0.15, 0.2) is 11.2 Å². The van der Waals surface area contributed by atoms with Gasteiger partial charge in [-0.05, 0) is 45.0 Å². The standard InChI is InChI=1S/C16H14N6O.C4H9N/c1-10-12(8-19-22(10)11-6-4-3-5-7-11)14-20-13-15(21(14)2)17-9-18-16(13)23;1-2-4-5-3-1/h3-9H,1-2H3,(H,17,18,23);5H,1-4H2. The maximum atomic E-state index is 11.9. The van der Waals surface area contributed by atoms with E-state index in [0.717, 1.165) is 16.9 Å². The van der Waals surface area contributed by atoms with Crippen molar-refractivity contribution in [1.29, 1.82) is 0 Å². The Bertz CT molecular complexity index is 1130. The number of rotatable bonds is 2. The summed E-state index contributed by atoms with van der Waals surface area (Å²) in [6.45, 7) is 4.48. The molecule has 28 heavy (non-hydrogen) atoms. The van der Waals surface area contributed by atoms with Crippen LogP contribution in [0, 0.1) is 6.92 Å². The van der Waals surface area contributed by atoms with Gasteiger partial charge in [-0.25, -0.2) is 14.6 Å². The Kier molecular flexibility index (Phi) is 5.03. The highest BCUT2D eigenvalue weighted by Crippen LogP contribution is 2.25. The Balaban J connectivity index is 0.000000336. The summed E-state index contributed by atoms with van der Waals surface area (Å²) in [5.41, 5.74) is 3.43. The molecule has 0 aliphatic carbocycles. The van der Waals surface area contributed by atoms with E-state index in [1.54, 1.807) is 6.20 Å². The fourth-order valence-corrected chi connectivity index (χ4v) is 3.34. The highest BCUT2D eigenvalue weighted by molar-refractivity contribution is 5.76. The number of nitrogens with zero attached hydrogens (tertiary/aromatic N) is 5. The van der Waals surface area contributed by atoms with E-state index in [4.69, 9.17) is 0 Å². The molecular weight excluding hydrogens is 354 g/mol. The van der Waals surface area contributed by atoms with Gasteiger partial charge in [0.05, 0.1) is 29.5 Å². The SMILES string of the molecule is C1CCNC1.Cc1c(-c2nc3c(=O)[nH]cnc3n2C)cnn1-c1ccccc1. The summed E-state index contributed by atoms with van der Waals surface area (Å²) in [6.07, 6.45) is 5.92. The quantitative estimate of drug-likeness (QED) is 0.558. The van der Waals surface area contributed by atoms with Gasteiger partial charge in [-0.1, -0.05) is 18.2 Å². The average molecular weight is 377 g/mol. The van der Waals surface area contributed by atoms with Gasteiger partial charge in [-0.2, -0.15) is 5.10 Å². The molecule has 5 rings (SSSR count). The molecule has 1 aromatic carbocycles. The molecule has 4 aromatic rings. The van der Waals surface area contributed by atoms with Crippen molar-refractivity contribution in [2.45, 2.75) is 19.8 Å². The Morgan fingerprint density at radius 3 is 2.50 bits per heavy atom. The Morgan fingerprint density at radius 2 is 1.86 bits per heavy atom. The molecule has 8 nitrogen and oxygen atoms in total. The topological polar surface area (TPSA) is 93.4 Å². The van der Waals surface area contributed by atoms with Crippen LogP contribution in [0.3, 0.4) is 0 Å². The fourth-order valence-electron chi connectivity index (χ4n) is 3.34. The van der Waals surface area contributed by atoms with Crippen molar-refractivity contribution in [3.8, 4) is 17.1 Å². The number of aromatic amines is 1. The Labute approximate surface area is 162 Å². The van der Waals surface area contributed by atoms with Crippen molar-refractivity contribution in [3.05, 3.63) is 58.9 Å². The van der Waals surface area contributed by atoms with E-state index in [1.165, 1.54) is 32.3 Å². The lowest BCUT2D eigenvalue weighted by molar-refractivity contribution is 0.846. The maximum Gasteiger partial charge on any atom is 0.278 e. The van der Waals surface area contributed by atoms with E-state index in [0.29, 0.717) is 17.0 Å². The Morgan fingerprint density at radius 1 is 1.11 bits per heavy atom. The number of aromatic nitrogens is 6. The number of benzene rings is 1. The number of H-pyrrole nitrogens is 1. The first-order valence-corrected chi connectivity index (χ1v) is 9.38. The summed E-state index contributed by atoms with van der Waals surface area (Å²) in [5.74, 6) is 0.670. The van der Waals surface area contributed by atoms with Gasteiger partial charge in [0.1, 0.15) is 5.82 Å². The van der Waals surface area contributed by atoms with Gasteiger partial charge >= 0.3 is 0 Å². The monoisotopic (exact) mass is 377 g/mol. The van der Waals surface area contributed by atoms with Crippen LogP contribution in [0.2, 0.25) is 0 Å². The first-order chi connectivity index (χ1) is 13.7. The largest absolute Gasteiger partial charge is 0.317 e. The molecule has 144 valence electrons. The van der Waals surface area contributed by atoms with Crippen molar-refractivity contribution in [3.63, 3.8) is 0 Å². The van der Waals surface area contributed by atoms with Crippen LogP contribution >= 0.6 is 0 Å². The van der Waals surface area contributed by atoms with Crippen LogP contribution < -0.4 is 10.9 Å². The van der Waals surface area contributed by atoms with E-state index in [2.05, 4.69) is 25.4 Å². The number of fused-ring (bicyclic) bond motifs is 1. The van der Waals surface area contributed by atoms with Crippen LogP contribution in [-0.2, 0) is 7.05 Å². The first-order valence-electron chi connectivity index (χ1n) is 9.38. The normalized spacial score (nSPS) is 13.5. The van der Waals surface area contributed by atoms with Gasteiger partial charge < -0.3 is 14.9 Å². The smallest absolute Gasteiger partial charge is 0.278 e. The lowest BCUT2D eigenvalue weighted by atomic mass is 10.2. The number of hydrogen-bond donors (Lipinski definition) is 2. The fraction of sp³-hybridized carbons (Fsp3) is 0.300. The van der Waals surface area contributed by atoms with E-state index in [1.807, 2.05) is 53.6 Å². The minimum atomic E-state index is -0.245. The highest BCUT2D eigenvalue weighted by atomic mass is 16.1. The molecule has 0 bridgehead atoms. The third-order valence-corrected chi connectivity index (χ3v) is 4.87. The van der Waals surface area contributed by atoms with Crippen molar-refractivity contribution in [2.24, 2.45) is 7.05 Å². The number of imidazole rings is 1. The zero-order chi connectivity index (χ0) is 19.5. The van der Waals surface area contributed by atoms with Crippen molar-refractivity contribution in [1.82, 2.24) is 34.6 Å². The molecule has 3 aromatic heterocycles. The van der Waals surface area contributed by atoms with Crippen LogP contribution in [0.5, 0.6) is 0 Å². The van der Waals surface area contributed by atoms with Crippen LogP contribution in [0.1, 0.15) is 18.5 Å². The van der Waals surface area contributed by atoms with Gasteiger partial charge in [-0.3, -0.25) is 4.79 Å². The maximum absolute atomic E-state index is 11.9. The summed E-state index contributed by atoms with van der Waals surface area (Å²) in [5, 5.41) is 7.68. The molecule has 0 amide bonds. The molecule has 1 aliphatic heterocycles. The van der Waals surface area contributed by atoms with Crippen molar-refractivity contribution in [2.75, 3.05) is 13.1 Å². The minimum Gasteiger partial charge on any atom is -0.317 e. The minimum absolute atomic E-state index is 0.245. The van der Waals surface area contributed by atoms with Crippen LogP contribution in [-0.4, -0.2) is 42.4 Å². The molecule has 0 unspecified atom stereocenters. The molecule has 8 heteroatoms. The zero-order valence-corrected chi connectivity index (χ0v) is 16.0. The first kappa shape index (κ1) is 18.1. The Hall–Kier alpha value is -3.26.